The average molecular weight is 285 g/mol. The maximum absolute atomic E-state index is 14.8. The number of anilines is 1. The van der Waals surface area contributed by atoms with Crippen molar-refractivity contribution in [2.45, 2.75) is 38.3 Å². The van der Waals surface area contributed by atoms with Crippen molar-refractivity contribution in [2.75, 3.05) is 5.73 Å². The van der Waals surface area contributed by atoms with Gasteiger partial charge in [0.25, 0.3) is 0 Å². The second kappa shape index (κ2) is 4.86. The van der Waals surface area contributed by atoms with E-state index in [2.05, 4.69) is 4.98 Å². The molecule has 1 fully saturated rings. The molecule has 2 heterocycles. The Balaban J connectivity index is 2.36. The van der Waals surface area contributed by atoms with Crippen LogP contribution in [0.4, 0.5) is 10.2 Å². The number of nitrogen functional groups attached to an aromatic ring is 1. The van der Waals surface area contributed by atoms with E-state index in [0.29, 0.717) is 0 Å². The van der Waals surface area contributed by atoms with Gasteiger partial charge in [-0.25, -0.2) is 9.18 Å². The zero-order valence-electron chi connectivity index (χ0n) is 11.1. The normalized spacial score (nSPS) is 33.2. The SMILES string of the molecule is C[C@@H]1[C@@H](CC(=O)O)O[C@@H](n2ccc(N)nc2=O)[C@]1(C)F. The number of ether oxygens (including phenoxy) is 1. The summed E-state index contributed by atoms with van der Waals surface area (Å²) in [6, 6.07) is 1.36. The summed E-state index contributed by atoms with van der Waals surface area (Å²) < 4.78 is 21.2. The van der Waals surface area contributed by atoms with Crippen molar-refractivity contribution in [3.05, 3.63) is 22.7 Å². The number of hydrogen-bond acceptors (Lipinski definition) is 5. The monoisotopic (exact) mass is 285 g/mol. The number of aromatic nitrogens is 2. The Morgan fingerprint density at radius 2 is 2.35 bits per heavy atom. The molecule has 0 aliphatic carbocycles. The highest BCUT2D eigenvalue weighted by molar-refractivity contribution is 5.67. The van der Waals surface area contributed by atoms with Crippen LogP contribution in [0.5, 0.6) is 0 Å². The fourth-order valence-corrected chi connectivity index (χ4v) is 2.34. The molecule has 3 N–H and O–H groups in total. The predicted molar refractivity (Wildman–Crippen MR) is 67.7 cm³/mol. The third-order valence-corrected chi connectivity index (χ3v) is 3.71. The predicted octanol–water partition coefficient (Wildman–Crippen LogP) is 0.562. The van der Waals surface area contributed by atoms with Gasteiger partial charge in [0.15, 0.2) is 11.9 Å². The highest BCUT2D eigenvalue weighted by atomic mass is 19.1. The number of carboxylic acids is 1. The Morgan fingerprint density at radius 3 is 2.90 bits per heavy atom. The molecule has 1 aromatic heterocycles. The standard InChI is InChI=1S/C12H16FN3O4/c1-6-7(5-9(17)18)20-10(12(6,2)13)16-4-3-8(14)15-11(16)19/h3-4,6-7,10H,5H2,1-2H3,(H,17,18)(H2,14,15,19)/t6-,7-,10-,12-/m1/s1. The van der Waals surface area contributed by atoms with Crippen LogP contribution in [-0.4, -0.2) is 32.4 Å². The average Bonchev–Trinajstić information content (AvgIpc) is 2.53. The van der Waals surface area contributed by atoms with Crippen LogP contribution in [0, 0.1) is 5.92 Å². The molecule has 4 atom stereocenters. The van der Waals surface area contributed by atoms with Crippen LogP contribution >= 0.6 is 0 Å². The first kappa shape index (κ1) is 14.4. The van der Waals surface area contributed by atoms with Crippen LogP contribution in [0.1, 0.15) is 26.5 Å². The number of hydrogen-bond donors (Lipinski definition) is 2. The Labute approximate surface area is 114 Å². The molecule has 1 aliphatic heterocycles. The summed E-state index contributed by atoms with van der Waals surface area (Å²) in [5.74, 6) is -1.73. The highest BCUT2D eigenvalue weighted by Gasteiger charge is 2.53. The maximum atomic E-state index is 14.8. The molecule has 110 valence electrons. The van der Waals surface area contributed by atoms with Gasteiger partial charge in [0.05, 0.1) is 12.5 Å². The van der Waals surface area contributed by atoms with Gasteiger partial charge in [0.2, 0.25) is 0 Å². The summed E-state index contributed by atoms with van der Waals surface area (Å²) in [5, 5.41) is 8.81. The van der Waals surface area contributed by atoms with E-state index in [1.807, 2.05) is 0 Å². The largest absolute Gasteiger partial charge is 0.481 e. The topological polar surface area (TPSA) is 107 Å². The summed E-state index contributed by atoms with van der Waals surface area (Å²) in [4.78, 5) is 26.0. The van der Waals surface area contributed by atoms with E-state index in [-0.39, 0.29) is 12.2 Å². The molecule has 0 bridgehead atoms. The highest BCUT2D eigenvalue weighted by Crippen LogP contribution is 2.45. The number of rotatable bonds is 3. The summed E-state index contributed by atoms with van der Waals surface area (Å²) in [7, 11) is 0. The summed E-state index contributed by atoms with van der Waals surface area (Å²) in [6.07, 6.45) is -1.06. The molecular weight excluding hydrogens is 269 g/mol. The minimum Gasteiger partial charge on any atom is -0.481 e. The molecule has 0 amide bonds. The number of nitrogens with zero attached hydrogens (tertiary/aromatic N) is 2. The van der Waals surface area contributed by atoms with Crippen molar-refractivity contribution in [3.8, 4) is 0 Å². The van der Waals surface area contributed by atoms with Gasteiger partial charge in [0, 0.05) is 12.1 Å². The molecule has 20 heavy (non-hydrogen) atoms. The zero-order valence-corrected chi connectivity index (χ0v) is 11.1. The van der Waals surface area contributed by atoms with Gasteiger partial charge in [-0.15, -0.1) is 0 Å². The number of alkyl halides is 1. The molecule has 0 spiro atoms. The number of halogens is 1. The second-order valence-corrected chi connectivity index (χ2v) is 5.11. The summed E-state index contributed by atoms with van der Waals surface area (Å²) in [5.41, 5.74) is 2.76. The van der Waals surface area contributed by atoms with Crippen LogP contribution in [0.15, 0.2) is 17.1 Å². The molecule has 1 saturated heterocycles. The van der Waals surface area contributed by atoms with Crippen LogP contribution in [0.3, 0.4) is 0 Å². The molecule has 1 aliphatic rings. The lowest BCUT2D eigenvalue weighted by molar-refractivity contribution is -0.141. The van der Waals surface area contributed by atoms with Gasteiger partial charge >= 0.3 is 11.7 Å². The third kappa shape index (κ3) is 2.38. The van der Waals surface area contributed by atoms with Crippen LogP contribution in [0.25, 0.3) is 0 Å². The van der Waals surface area contributed by atoms with Gasteiger partial charge in [-0.2, -0.15) is 4.98 Å². The number of aliphatic carboxylic acids is 1. The van der Waals surface area contributed by atoms with Crippen molar-refractivity contribution in [3.63, 3.8) is 0 Å². The molecular formula is C12H16FN3O4. The molecule has 8 heteroatoms. The molecule has 0 saturated carbocycles. The van der Waals surface area contributed by atoms with Gasteiger partial charge in [0.1, 0.15) is 5.82 Å². The zero-order chi connectivity index (χ0) is 15.1. The minimum absolute atomic E-state index is 0.0277. The quantitative estimate of drug-likeness (QED) is 0.840. The fraction of sp³-hybridized carbons (Fsp3) is 0.583. The number of nitrogens with two attached hydrogens (primary N) is 1. The fourth-order valence-electron chi connectivity index (χ4n) is 2.34. The van der Waals surface area contributed by atoms with E-state index in [0.717, 1.165) is 4.57 Å². The maximum Gasteiger partial charge on any atom is 0.351 e. The number of carboxylic acid groups (broad SMARTS) is 1. The van der Waals surface area contributed by atoms with Crippen LogP contribution in [-0.2, 0) is 9.53 Å². The van der Waals surface area contributed by atoms with E-state index in [9.17, 15) is 14.0 Å². The van der Waals surface area contributed by atoms with E-state index in [4.69, 9.17) is 15.6 Å². The van der Waals surface area contributed by atoms with Gasteiger partial charge in [-0.3, -0.25) is 9.36 Å². The first-order valence-corrected chi connectivity index (χ1v) is 6.14. The van der Waals surface area contributed by atoms with Crippen molar-refractivity contribution in [1.29, 1.82) is 0 Å². The third-order valence-electron chi connectivity index (χ3n) is 3.71. The lowest BCUT2D eigenvalue weighted by Crippen LogP contribution is -2.38. The molecule has 2 rings (SSSR count). The van der Waals surface area contributed by atoms with E-state index in [1.54, 1.807) is 6.92 Å². The van der Waals surface area contributed by atoms with Gasteiger partial charge in [-0.1, -0.05) is 6.92 Å². The Morgan fingerprint density at radius 1 is 1.70 bits per heavy atom. The van der Waals surface area contributed by atoms with Crippen molar-refractivity contribution in [2.24, 2.45) is 5.92 Å². The second-order valence-electron chi connectivity index (χ2n) is 5.11. The van der Waals surface area contributed by atoms with E-state index >= 15 is 0 Å². The lowest BCUT2D eigenvalue weighted by atomic mass is 9.88. The summed E-state index contributed by atoms with van der Waals surface area (Å²) in [6.45, 7) is 2.84. The van der Waals surface area contributed by atoms with Crippen molar-refractivity contribution in [1.82, 2.24) is 9.55 Å². The smallest absolute Gasteiger partial charge is 0.351 e. The van der Waals surface area contributed by atoms with E-state index in [1.165, 1.54) is 19.2 Å². The minimum atomic E-state index is -1.89. The molecule has 0 unspecified atom stereocenters. The van der Waals surface area contributed by atoms with Crippen molar-refractivity contribution < 1.29 is 19.0 Å². The van der Waals surface area contributed by atoms with Crippen LogP contribution < -0.4 is 11.4 Å². The van der Waals surface area contributed by atoms with Gasteiger partial charge in [-0.05, 0) is 13.0 Å². The molecule has 0 radical (unpaired) electrons. The molecule has 1 aromatic rings. The lowest BCUT2D eigenvalue weighted by Gasteiger charge is -2.25. The first-order valence-electron chi connectivity index (χ1n) is 6.14. The van der Waals surface area contributed by atoms with Gasteiger partial charge < -0.3 is 15.6 Å². The van der Waals surface area contributed by atoms with E-state index < -0.39 is 35.6 Å². The summed E-state index contributed by atoms with van der Waals surface area (Å²) >= 11 is 0. The van der Waals surface area contributed by atoms with Crippen LogP contribution in [0.2, 0.25) is 0 Å². The number of carbonyl (C=O) groups is 1. The first-order chi connectivity index (χ1) is 9.23. The Bertz CT molecular complexity index is 586. The molecule has 0 aromatic carbocycles. The Hall–Kier alpha value is -1.96. The Kier molecular flexibility index (Phi) is 3.51. The molecule has 7 nitrogen and oxygen atoms in total. The van der Waals surface area contributed by atoms with Crippen molar-refractivity contribution >= 4 is 11.8 Å².